The first kappa shape index (κ1) is 12.6. The zero-order valence-corrected chi connectivity index (χ0v) is 10.8. The molecule has 1 unspecified atom stereocenters. The highest BCUT2D eigenvalue weighted by molar-refractivity contribution is 6.02. The van der Waals surface area contributed by atoms with Crippen LogP contribution in [0, 0.1) is 0 Å². The van der Waals surface area contributed by atoms with Gasteiger partial charge in [0.1, 0.15) is 6.04 Å². The topological polar surface area (TPSA) is 49.4 Å². The molecule has 0 aliphatic carbocycles. The van der Waals surface area contributed by atoms with E-state index in [1.54, 1.807) is 0 Å². The first-order valence-electron chi connectivity index (χ1n) is 6.31. The molecule has 1 heterocycles. The summed E-state index contributed by atoms with van der Waals surface area (Å²) in [4.78, 5) is 25.6. The Hall–Kier alpha value is -1.84. The zero-order valence-electron chi connectivity index (χ0n) is 10.8. The minimum Gasteiger partial charge on any atom is -0.357 e. The van der Waals surface area contributed by atoms with Gasteiger partial charge in [-0.2, -0.15) is 0 Å². The first-order valence-corrected chi connectivity index (χ1v) is 6.31. The lowest BCUT2D eigenvalue weighted by Crippen LogP contribution is -2.54. The maximum Gasteiger partial charge on any atom is 0.242 e. The molecule has 1 aliphatic heterocycles. The molecule has 0 spiro atoms. The predicted molar refractivity (Wildman–Crippen MR) is 70.9 cm³/mol. The Morgan fingerprint density at radius 1 is 1.44 bits per heavy atom. The summed E-state index contributed by atoms with van der Waals surface area (Å²) in [6, 6.07) is 7.28. The number of Topliss-reactive ketones (excluding diaryl/α,β-unsaturated/α-hetero) is 1. The molecule has 1 amide bonds. The number of carbonyl (C=O) groups excluding carboxylic acids is 2. The number of nitrogens with zero attached hydrogens (tertiary/aromatic N) is 1. The van der Waals surface area contributed by atoms with Gasteiger partial charge in [0.25, 0.3) is 0 Å². The van der Waals surface area contributed by atoms with Gasteiger partial charge in [0.15, 0.2) is 5.78 Å². The van der Waals surface area contributed by atoms with Crippen molar-refractivity contribution in [2.45, 2.75) is 26.3 Å². The predicted octanol–water partition coefficient (Wildman–Crippen LogP) is 1.60. The van der Waals surface area contributed by atoms with E-state index in [4.69, 9.17) is 0 Å². The highest BCUT2D eigenvalue weighted by atomic mass is 16.2. The lowest BCUT2D eigenvalue weighted by Gasteiger charge is -2.35. The van der Waals surface area contributed by atoms with Crippen molar-refractivity contribution >= 4 is 17.4 Å². The summed E-state index contributed by atoms with van der Waals surface area (Å²) in [6.45, 7) is 5.08. The van der Waals surface area contributed by atoms with E-state index in [1.807, 2.05) is 43.0 Å². The number of nitrogens with one attached hydrogen (secondary N) is 1. The molecule has 1 N–H and O–H groups in total. The number of para-hydroxylation sites is 1. The molecule has 1 saturated heterocycles. The molecule has 0 radical (unpaired) electrons. The second kappa shape index (κ2) is 5.21. The lowest BCUT2D eigenvalue weighted by molar-refractivity contribution is -0.122. The monoisotopic (exact) mass is 246 g/mol. The molecule has 0 saturated carbocycles. The van der Waals surface area contributed by atoms with Crippen LogP contribution in [-0.2, 0) is 4.79 Å². The molecule has 2 rings (SSSR count). The van der Waals surface area contributed by atoms with Gasteiger partial charge in [0.2, 0.25) is 5.91 Å². The van der Waals surface area contributed by atoms with Crippen molar-refractivity contribution in [3.05, 3.63) is 29.8 Å². The maximum atomic E-state index is 11.9. The fraction of sp³-hybridized carbons (Fsp3) is 0.429. The van der Waals surface area contributed by atoms with Crippen molar-refractivity contribution in [2.75, 3.05) is 18.0 Å². The first-order chi connectivity index (χ1) is 8.65. The highest BCUT2D eigenvalue weighted by Gasteiger charge is 2.27. The van der Waals surface area contributed by atoms with Gasteiger partial charge in [-0.3, -0.25) is 9.59 Å². The summed E-state index contributed by atoms with van der Waals surface area (Å²) in [7, 11) is 0. The van der Waals surface area contributed by atoms with Gasteiger partial charge < -0.3 is 10.2 Å². The van der Waals surface area contributed by atoms with E-state index < -0.39 is 0 Å². The van der Waals surface area contributed by atoms with Crippen molar-refractivity contribution in [1.29, 1.82) is 0 Å². The number of hydrogen-bond acceptors (Lipinski definition) is 3. The molecule has 1 aliphatic rings. The van der Waals surface area contributed by atoms with E-state index in [-0.39, 0.29) is 17.7 Å². The Balaban J connectivity index is 2.38. The second-order valence-electron chi connectivity index (χ2n) is 4.45. The third kappa shape index (κ3) is 2.23. The Labute approximate surface area is 107 Å². The Bertz CT molecular complexity index is 471. The number of benzene rings is 1. The number of rotatable bonds is 3. The van der Waals surface area contributed by atoms with E-state index in [2.05, 4.69) is 5.32 Å². The van der Waals surface area contributed by atoms with Gasteiger partial charge in [-0.1, -0.05) is 19.1 Å². The summed E-state index contributed by atoms with van der Waals surface area (Å²) in [5.41, 5.74) is 1.58. The van der Waals surface area contributed by atoms with Gasteiger partial charge in [0.05, 0.1) is 0 Å². The van der Waals surface area contributed by atoms with Gasteiger partial charge in [-0.05, 0) is 19.1 Å². The van der Waals surface area contributed by atoms with Gasteiger partial charge in [-0.25, -0.2) is 0 Å². The molecule has 4 heteroatoms. The van der Waals surface area contributed by atoms with E-state index >= 15 is 0 Å². The van der Waals surface area contributed by atoms with Crippen LogP contribution in [0.15, 0.2) is 24.3 Å². The summed E-state index contributed by atoms with van der Waals surface area (Å²) < 4.78 is 0. The number of carbonyl (C=O) groups is 2. The fourth-order valence-corrected chi connectivity index (χ4v) is 2.26. The summed E-state index contributed by atoms with van der Waals surface area (Å²) in [5.74, 6) is 0.129. The van der Waals surface area contributed by atoms with Crippen LogP contribution in [0.4, 0.5) is 5.69 Å². The van der Waals surface area contributed by atoms with Crippen LogP contribution >= 0.6 is 0 Å². The Morgan fingerprint density at radius 2 is 2.17 bits per heavy atom. The number of anilines is 1. The average Bonchev–Trinajstić information content (AvgIpc) is 2.41. The van der Waals surface area contributed by atoms with Crippen molar-refractivity contribution < 1.29 is 9.59 Å². The molecule has 1 aromatic rings. The quantitative estimate of drug-likeness (QED) is 0.824. The standard InChI is InChI=1S/C14H18N2O2/c1-3-13(17)11-6-4-5-7-12(11)16-9-8-15-14(18)10(16)2/h4-7,10H,3,8-9H2,1-2H3,(H,15,18). The molecular weight excluding hydrogens is 228 g/mol. The van der Waals surface area contributed by atoms with Crippen molar-refractivity contribution in [1.82, 2.24) is 5.32 Å². The van der Waals surface area contributed by atoms with E-state index in [9.17, 15) is 9.59 Å². The third-order valence-electron chi connectivity index (χ3n) is 3.33. The molecule has 1 fully saturated rings. The maximum absolute atomic E-state index is 11.9. The Kier molecular flexibility index (Phi) is 3.65. The fourth-order valence-electron chi connectivity index (χ4n) is 2.26. The normalized spacial score (nSPS) is 19.6. The number of piperazine rings is 1. The molecule has 4 nitrogen and oxygen atoms in total. The van der Waals surface area contributed by atoms with Crippen LogP contribution in [-0.4, -0.2) is 30.8 Å². The summed E-state index contributed by atoms with van der Waals surface area (Å²) >= 11 is 0. The smallest absolute Gasteiger partial charge is 0.242 e. The number of ketones is 1. The minimum absolute atomic E-state index is 0.0139. The Morgan fingerprint density at radius 3 is 2.89 bits per heavy atom. The summed E-state index contributed by atoms with van der Waals surface area (Å²) in [6.07, 6.45) is 0.478. The van der Waals surface area contributed by atoms with E-state index in [0.717, 1.165) is 12.2 Å². The number of hydrogen-bond donors (Lipinski definition) is 1. The minimum atomic E-state index is -0.232. The van der Waals surface area contributed by atoms with Crippen LogP contribution in [0.3, 0.4) is 0 Å². The van der Waals surface area contributed by atoms with Crippen molar-refractivity contribution in [2.24, 2.45) is 0 Å². The van der Waals surface area contributed by atoms with Crippen LogP contribution in [0.1, 0.15) is 30.6 Å². The van der Waals surface area contributed by atoms with Crippen LogP contribution in [0.25, 0.3) is 0 Å². The zero-order chi connectivity index (χ0) is 13.1. The molecule has 18 heavy (non-hydrogen) atoms. The van der Waals surface area contributed by atoms with Crippen LogP contribution in [0.2, 0.25) is 0 Å². The van der Waals surface area contributed by atoms with Crippen molar-refractivity contribution in [3.63, 3.8) is 0 Å². The molecule has 1 aromatic carbocycles. The third-order valence-corrected chi connectivity index (χ3v) is 3.33. The molecular formula is C14H18N2O2. The average molecular weight is 246 g/mol. The lowest BCUT2D eigenvalue weighted by atomic mass is 10.0. The van der Waals surface area contributed by atoms with E-state index in [0.29, 0.717) is 18.5 Å². The van der Waals surface area contributed by atoms with E-state index in [1.165, 1.54) is 0 Å². The summed E-state index contributed by atoms with van der Waals surface area (Å²) in [5, 5.41) is 2.83. The largest absolute Gasteiger partial charge is 0.357 e. The number of amides is 1. The van der Waals surface area contributed by atoms with Gasteiger partial charge in [-0.15, -0.1) is 0 Å². The van der Waals surface area contributed by atoms with Crippen LogP contribution in [0.5, 0.6) is 0 Å². The molecule has 96 valence electrons. The SMILES string of the molecule is CCC(=O)c1ccccc1N1CCNC(=O)C1C. The van der Waals surface area contributed by atoms with Crippen LogP contribution < -0.4 is 10.2 Å². The van der Waals surface area contributed by atoms with Crippen molar-refractivity contribution in [3.8, 4) is 0 Å². The molecule has 0 bridgehead atoms. The molecule has 1 atom stereocenters. The highest BCUT2D eigenvalue weighted by Crippen LogP contribution is 2.24. The molecule has 0 aromatic heterocycles. The van der Waals surface area contributed by atoms with Gasteiger partial charge in [0, 0.05) is 30.8 Å². The second-order valence-corrected chi connectivity index (χ2v) is 4.45. The van der Waals surface area contributed by atoms with Gasteiger partial charge >= 0.3 is 0 Å².